The van der Waals surface area contributed by atoms with Gasteiger partial charge in [0.2, 0.25) is 0 Å². The van der Waals surface area contributed by atoms with Gasteiger partial charge >= 0.3 is 7.82 Å². The van der Waals surface area contributed by atoms with E-state index in [4.69, 9.17) is 9.05 Å². The summed E-state index contributed by atoms with van der Waals surface area (Å²) in [7, 11) is -4.29. The normalized spacial score (nSPS) is 12.6. The maximum absolute atomic E-state index is 12.6. The predicted molar refractivity (Wildman–Crippen MR) is 138 cm³/mol. The van der Waals surface area contributed by atoms with E-state index in [2.05, 4.69) is 41.5 Å². The predicted octanol–water partition coefficient (Wildman–Crippen LogP) is 8.96. The average molecular weight is 475 g/mol. The largest absolute Gasteiger partial charge is 0.584 e. The maximum atomic E-state index is 12.6. The van der Waals surface area contributed by atoms with Crippen LogP contribution in [0.15, 0.2) is 48.5 Å². The Kier molecular flexibility index (Phi) is 10.1. The van der Waals surface area contributed by atoms with Crippen LogP contribution in [0.5, 0.6) is 11.5 Å². The highest BCUT2D eigenvalue weighted by atomic mass is 31.2. The van der Waals surface area contributed by atoms with E-state index >= 15 is 0 Å². The molecule has 0 aliphatic rings. The van der Waals surface area contributed by atoms with Crippen molar-refractivity contribution < 1.29 is 18.5 Å². The van der Waals surface area contributed by atoms with Crippen molar-refractivity contribution in [1.82, 2.24) is 0 Å². The zero-order valence-electron chi connectivity index (χ0n) is 21.4. The van der Waals surface area contributed by atoms with Gasteiger partial charge in [0.05, 0.1) is 0 Å². The third-order valence-corrected chi connectivity index (χ3v) is 7.41. The molecular weight excluding hydrogens is 431 g/mol. The van der Waals surface area contributed by atoms with Crippen molar-refractivity contribution in [3.63, 3.8) is 0 Å². The maximum Gasteiger partial charge on any atom is 0.584 e. The Bertz CT molecular complexity index is 814. The molecule has 0 unspecified atom stereocenters. The van der Waals surface area contributed by atoms with Gasteiger partial charge in [-0.3, -0.25) is 4.89 Å². The molecule has 0 spiro atoms. The van der Waals surface area contributed by atoms with Crippen molar-refractivity contribution in [3.05, 3.63) is 59.7 Å². The molecule has 0 heterocycles. The Morgan fingerprint density at radius 3 is 1.30 bits per heavy atom. The minimum atomic E-state index is -4.29. The summed E-state index contributed by atoms with van der Waals surface area (Å²) in [6.07, 6.45) is 9.45. The van der Waals surface area contributed by atoms with Crippen molar-refractivity contribution in [3.8, 4) is 11.5 Å². The van der Waals surface area contributed by atoms with E-state index in [1.165, 1.54) is 49.7 Å². The van der Waals surface area contributed by atoms with Crippen LogP contribution in [0.1, 0.15) is 104 Å². The lowest BCUT2D eigenvalue weighted by Gasteiger charge is -2.26. The highest BCUT2D eigenvalue weighted by Gasteiger charge is 2.27. The summed E-state index contributed by atoms with van der Waals surface area (Å²) in [5.74, 6) is 0.644. The topological polar surface area (TPSA) is 55.8 Å². The summed E-state index contributed by atoms with van der Waals surface area (Å²) in [5.41, 5.74) is 2.49. The minimum absolute atomic E-state index is 0.0547. The zero-order chi connectivity index (χ0) is 24.5. The smallest absolute Gasteiger partial charge is 0.395 e. The second-order valence-corrected chi connectivity index (χ2v) is 11.7. The van der Waals surface area contributed by atoms with E-state index in [0.29, 0.717) is 11.5 Å². The second-order valence-electron chi connectivity index (χ2n) is 10.4. The van der Waals surface area contributed by atoms with Gasteiger partial charge in [0, 0.05) is 0 Å². The highest BCUT2D eigenvalue weighted by molar-refractivity contribution is 7.48. The molecule has 0 aliphatic carbocycles. The van der Waals surface area contributed by atoms with Crippen LogP contribution in [-0.4, -0.2) is 4.89 Å². The second kappa shape index (κ2) is 12.1. The monoisotopic (exact) mass is 474 g/mol. The Hall–Kier alpha value is -1.77. The molecule has 0 amide bonds. The average Bonchev–Trinajstić information content (AvgIpc) is 2.74. The van der Waals surface area contributed by atoms with Crippen LogP contribution in [-0.2, 0) is 15.4 Å². The summed E-state index contributed by atoms with van der Waals surface area (Å²) in [4.78, 5) is 10.3. The van der Waals surface area contributed by atoms with Crippen molar-refractivity contribution >= 4 is 7.82 Å². The van der Waals surface area contributed by atoms with Gasteiger partial charge in [-0.25, -0.2) is 4.57 Å². The molecule has 0 bridgehead atoms. The molecule has 2 aromatic rings. The summed E-state index contributed by atoms with van der Waals surface area (Å²) in [6, 6.07) is 14.8. The first-order chi connectivity index (χ1) is 15.5. The number of unbranched alkanes of at least 4 members (excludes halogenated alkanes) is 4. The summed E-state index contributed by atoms with van der Waals surface area (Å²) < 4.78 is 23.2. The molecule has 0 saturated carbocycles. The molecule has 0 atom stereocenters. The van der Waals surface area contributed by atoms with Gasteiger partial charge in [0.25, 0.3) is 0 Å². The fourth-order valence-electron chi connectivity index (χ4n) is 4.14. The first-order valence-electron chi connectivity index (χ1n) is 12.4. The fourth-order valence-corrected chi connectivity index (χ4v) is 4.96. The van der Waals surface area contributed by atoms with E-state index in [9.17, 15) is 9.46 Å². The lowest BCUT2D eigenvalue weighted by molar-refractivity contribution is 0.291. The fraction of sp³-hybridized carbons (Fsp3) is 0.571. The molecule has 184 valence electrons. The number of benzene rings is 2. The van der Waals surface area contributed by atoms with Gasteiger partial charge in [0.15, 0.2) is 0 Å². The molecule has 0 radical (unpaired) electrons. The minimum Gasteiger partial charge on any atom is -0.395 e. The number of hydrogen-bond donors (Lipinski definition) is 1. The number of hydrogen-bond acceptors (Lipinski definition) is 3. The third-order valence-electron chi connectivity index (χ3n) is 6.52. The molecule has 0 aliphatic heterocycles. The van der Waals surface area contributed by atoms with E-state index < -0.39 is 7.82 Å². The molecule has 0 saturated heterocycles. The molecule has 4 nitrogen and oxygen atoms in total. The SMILES string of the molecule is CCCCCC(C)(C)c1ccc(OP(=O)(O)Oc2ccc(C(C)(C)CCCCC)cc2)cc1. The van der Waals surface area contributed by atoms with Crippen molar-refractivity contribution in [2.75, 3.05) is 0 Å². The highest BCUT2D eigenvalue weighted by Crippen LogP contribution is 2.45. The van der Waals surface area contributed by atoms with Crippen molar-refractivity contribution in [2.24, 2.45) is 0 Å². The first kappa shape index (κ1) is 27.5. The standard InChI is InChI=1S/C28H43O4P/c1-7-9-11-21-27(3,4)23-13-17-25(18-14-23)31-33(29,30)32-26-19-15-24(16-20-26)28(5,6)22-12-10-8-2/h13-20H,7-12,21-22H2,1-6H3,(H,29,30). The Morgan fingerprint density at radius 1 is 0.667 bits per heavy atom. The lowest BCUT2D eigenvalue weighted by atomic mass is 9.80. The number of rotatable bonds is 14. The van der Waals surface area contributed by atoms with Crippen molar-refractivity contribution in [2.45, 2.75) is 104 Å². The molecule has 0 aromatic heterocycles. The summed E-state index contributed by atoms with van der Waals surface area (Å²) in [5, 5.41) is 0. The van der Waals surface area contributed by atoms with Gasteiger partial charge in [-0.05, 0) is 59.1 Å². The van der Waals surface area contributed by atoms with E-state index in [1.807, 2.05) is 24.3 Å². The van der Waals surface area contributed by atoms with Crippen LogP contribution in [0.25, 0.3) is 0 Å². The van der Waals surface area contributed by atoms with Gasteiger partial charge in [-0.2, -0.15) is 0 Å². The van der Waals surface area contributed by atoms with E-state index in [1.54, 1.807) is 24.3 Å². The third kappa shape index (κ3) is 8.83. The van der Waals surface area contributed by atoms with Crippen LogP contribution >= 0.6 is 7.82 Å². The molecule has 0 fully saturated rings. The Labute approximate surface area is 201 Å². The quantitative estimate of drug-likeness (QED) is 0.219. The molecule has 1 N–H and O–H groups in total. The van der Waals surface area contributed by atoms with Crippen LogP contribution in [0.3, 0.4) is 0 Å². The molecule has 2 rings (SSSR count). The molecular formula is C28H43O4P. The Balaban J connectivity index is 1.98. The first-order valence-corrected chi connectivity index (χ1v) is 13.9. The van der Waals surface area contributed by atoms with Crippen LogP contribution < -0.4 is 9.05 Å². The van der Waals surface area contributed by atoms with Crippen LogP contribution in [0.2, 0.25) is 0 Å². The number of phosphoric ester groups is 1. The van der Waals surface area contributed by atoms with Gasteiger partial charge < -0.3 is 9.05 Å². The number of phosphoric acid groups is 1. The van der Waals surface area contributed by atoms with Crippen molar-refractivity contribution in [1.29, 1.82) is 0 Å². The Morgan fingerprint density at radius 2 is 1.00 bits per heavy atom. The van der Waals surface area contributed by atoms with E-state index in [-0.39, 0.29) is 10.8 Å². The van der Waals surface area contributed by atoms with Crippen LogP contribution in [0.4, 0.5) is 0 Å². The summed E-state index contributed by atoms with van der Waals surface area (Å²) in [6.45, 7) is 13.3. The summed E-state index contributed by atoms with van der Waals surface area (Å²) >= 11 is 0. The molecule has 5 heteroatoms. The molecule has 33 heavy (non-hydrogen) atoms. The van der Waals surface area contributed by atoms with Gasteiger partial charge in [0.1, 0.15) is 11.5 Å². The van der Waals surface area contributed by atoms with Crippen LogP contribution in [0, 0.1) is 0 Å². The van der Waals surface area contributed by atoms with Gasteiger partial charge in [-0.15, -0.1) is 0 Å². The molecule has 2 aromatic carbocycles. The zero-order valence-corrected chi connectivity index (χ0v) is 22.3. The van der Waals surface area contributed by atoms with E-state index in [0.717, 1.165) is 12.8 Å². The lowest BCUT2D eigenvalue weighted by Crippen LogP contribution is -2.17. The van der Waals surface area contributed by atoms with Gasteiger partial charge in [-0.1, -0.05) is 104 Å².